The Morgan fingerprint density at radius 3 is 2.48 bits per heavy atom. The molecular formula is C17H20N4O3S. The van der Waals surface area contributed by atoms with Crippen molar-refractivity contribution >= 4 is 21.6 Å². The molecule has 4 rings (SSSR count). The summed E-state index contributed by atoms with van der Waals surface area (Å²) in [4.78, 5) is 14.4. The number of likely N-dealkylation sites (tertiary alicyclic amines) is 1. The number of benzene rings is 1. The van der Waals surface area contributed by atoms with E-state index in [0.29, 0.717) is 36.7 Å². The van der Waals surface area contributed by atoms with E-state index in [1.807, 2.05) is 30.3 Å². The lowest BCUT2D eigenvalue weighted by Crippen LogP contribution is -2.69. The summed E-state index contributed by atoms with van der Waals surface area (Å²) in [5.41, 5.74) is 8.03. The Morgan fingerprint density at radius 1 is 1.24 bits per heavy atom. The number of amides is 1. The zero-order chi connectivity index (χ0) is 17.8. The van der Waals surface area contributed by atoms with E-state index >= 15 is 0 Å². The first-order valence-corrected chi connectivity index (χ1v) is 9.97. The van der Waals surface area contributed by atoms with Gasteiger partial charge in [0, 0.05) is 18.5 Å². The summed E-state index contributed by atoms with van der Waals surface area (Å²) in [7, 11) is -2.89. The third kappa shape index (κ3) is 2.70. The van der Waals surface area contributed by atoms with Gasteiger partial charge in [-0.1, -0.05) is 30.3 Å². The zero-order valence-electron chi connectivity index (χ0n) is 14.0. The van der Waals surface area contributed by atoms with Crippen LogP contribution >= 0.6 is 0 Å². The van der Waals surface area contributed by atoms with Gasteiger partial charge in [0.1, 0.15) is 11.4 Å². The first-order valence-electron chi connectivity index (χ1n) is 8.15. The number of anilines is 1. The highest BCUT2D eigenvalue weighted by Gasteiger charge is 2.57. The highest BCUT2D eigenvalue weighted by molar-refractivity contribution is 7.92. The minimum absolute atomic E-state index is 0.163. The van der Waals surface area contributed by atoms with Crippen LogP contribution in [0.1, 0.15) is 21.6 Å². The zero-order valence-corrected chi connectivity index (χ0v) is 14.8. The van der Waals surface area contributed by atoms with Crippen molar-refractivity contribution in [1.82, 2.24) is 14.7 Å². The van der Waals surface area contributed by atoms with Crippen LogP contribution in [0.15, 0.2) is 30.3 Å². The summed E-state index contributed by atoms with van der Waals surface area (Å²) in [6.07, 6.45) is 0. The summed E-state index contributed by atoms with van der Waals surface area (Å²) in [5.74, 6) is 0.564. The molecule has 25 heavy (non-hydrogen) atoms. The molecule has 2 aliphatic rings. The lowest BCUT2D eigenvalue weighted by molar-refractivity contribution is 0.0202. The summed E-state index contributed by atoms with van der Waals surface area (Å²) < 4.78 is 24.4. The molecule has 1 aromatic heterocycles. The highest BCUT2D eigenvalue weighted by atomic mass is 32.2. The Kier molecular flexibility index (Phi) is 3.44. The van der Waals surface area contributed by atoms with Gasteiger partial charge in [-0.2, -0.15) is 5.10 Å². The maximum Gasteiger partial charge on any atom is 0.259 e. The Labute approximate surface area is 146 Å². The average molecular weight is 360 g/mol. The Bertz CT molecular complexity index is 930. The van der Waals surface area contributed by atoms with Crippen molar-refractivity contribution in [2.75, 3.05) is 30.3 Å². The molecule has 1 amide bonds. The highest BCUT2D eigenvalue weighted by Crippen LogP contribution is 2.42. The van der Waals surface area contributed by atoms with Crippen molar-refractivity contribution < 1.29 is 13.2 Å². The van der Waals surface area contributed by atoms with Crippen LogP contribution in [-0.4, -0.2) is 53.6 Å². The van der Waals surface area contributed by atoms with Gasteiger partial charge in [-0.05, 0) is 12.5 Å². The molecule has 0 unspecified atom stereocenters. The van der Waals surface area contributed by atoms with Crippen molar-refractivity contribution in [2.24, 2.45) is 5.41 Å². The van der Waals surface area contributed by atoms with Gasteiger partial charge in [0.25, 0.3) is 5.91 Å². The van der Waals surface area contributed by atoms with Gasteiger partial charge in [0.15, 0.2) is 9.84 Å². The number of hydrogen-bond acceptors (Lipinski definition) is 5. The standard InChI is InChI=1S/C17H20N4O3S/c1-12-14(15(18)21(19-12)7-13-5-3-2-4-6-13)16(22)20-8-17(9-20)10-25(23,24)11-17/h2-6H,7-11,18H2,1H3. The van der Waals surface area contributed by atoms with Gasteiger partial charge in [-0.15, -0.1) is 0 Å². The smallest absolute Gasteiger partial charge is 0.259 e. The Balaban J connectivity index is 1.50. The van der Waals surface area contributed by atoms with Crippen LogP contribution in [0.25, 0.3) is 0 Å². The van der Waals surface area contributed by atoms with Crippen molar-refractivity contribution in [3.8, 4) is 0 Å². The lowest BCUT2D eigenvalue weighted by atomic mass is 9.82. The van der Waals surface area contributed by atoms with E-state index in [1.54, 1.807) is 16.5 Å². The van der Waals surface area contributed by atoms with Gasteiger partial charge in [-0.25, -0.2) is 13.1 Å². The number of nitrogens with zero attached hydrogens (tertiary/aromatic N) is 3. The normalized spacial score (nSPS) is 20.1. The van der Waals surface area contributed by atoms with Crippen LogP contribution in [0.5, 0.6) is 0 Å². The third-order valence-electron chi connectivity index (χ3n) is 4.95. The maximum absolute atomic E-state index is 12.8. The summed E-state index contributed by atoms with van der Waals surface area (Å²) in [6, 6.07) is 9.79. The number of aromatic nitrogens is 2. The van der Waals surface area contributed by atoms with Crippen molar-refractivity contribution in [3.05, 3.63) is 47.2 Å². The molecule has 2 saturated heterocycles. The quantitative estimate of drug-likeness (QED) is 0.868. The van der Waals surface area contributed by atoms with Crippen molar-refractivity contribution in [2.45, 2.75) is 13.5 Å². The predicted molar refractivity (Wildman–Crippen MR) is 93.9 cm³/mol. The first kappa shape index (κ1) is 16.1. The topological polar surface area (TPSA) is 98.3 Å². The SMILES string of the molecule is Cc1nn(Cc2ccccc2)c(N)c1C(=O)N1CC2(C1)CS(=O)(=O)C2. The van der Waals surface area contributed by atoms with Gasteiger partial charge < -0.3 is 10.6 Å². The minimum Gasteiger partial charge on any atom is -0.383 e. The number of aryl methyl sites for hydroxylation is 1. The van der Waals surface area contributed by atoms with Gasteiger partial charge in [0.2, 0.25) is 0 Å². The van der Waals surface area contributed by atoms with E-state index in [4.69, 9.17) is 5.73 Å². The van der Waals surface area contributed by atoms with Crippen molar-refractivity contribution in [1.29, 1.82) is 0 Å². The van der Waals surface area contributed by atoms with Crippen LogP contribution in [-0.2, 0) is 16.4 Å². The molecule has 0 bridgehead atoms. The molecule has 8 heteroatoms. The summed E-state index contributed by atoms with van der Waals surface area (Å²) in [5, 5.41) is 4.41. The van der Waals surface area contributed by atoms with Crippen molar-refractivity contribution in [3.63, 3.8) is 0 Å². The van der Waals surface area contributed by atoms with Crippen LogP contribution < -0.4 is 5.73 Å². The second-order valence-corrected chi connectivity index (χ2v) is 9.25. The monoisotopic (exact) mass is 360 g/mol. The molecule has 132 valence electrons. The predicted octanol–water partition coefficient (Wildman–Crippen LogP) is 0.693. The summed E-state index contributed by atoms with van der Waals surface area (Å²) in [6.45, 7) is 3.24. The molecular weight excluding hydrogens is 340 g/mol. The number of carbonyl (C=O) groups excluding carboxylic acids is 1. The molecule has 0 atom stereocenters. The molecule has 3 heterocycles. The minimum atomic E-state index is -2.89. The number of hydrogen-bond donors (Lipinski definition) is 1. The van der Waals surface area contributed by atoms with E-state index in [-0.39, 0.29) is 22.8 Å². The number of nitrogens with two attached hydrogens (primary N) is 1. The molecule has 0 aliphatic carbocycles. The molecule has 1 spiro atoms. The molecule has 0 saturated carbocycles. The van der Waals surface area contributed by atoms with Crippen LogP contribution in [0.2, 0.25) is 0 Å². The fourth-order valence-corrected chi connectivity index (χ4v) is 6.03. The lowest BCUT2D eigenvalue weighted by Gasteiger charge is -2.54. The maximum atomic E-state index is 12.8. The van der Waals surface area contributed by atoms with E-state index in [9.17, 15) is 13.2 Å². The van der Waals surface area contributed by atoms with E-state index < -0.39 is 9.84 Å². The summed E-state index contributed by atoms with van der Waals surface area (Å²) >= 11 is 0. The number of nitrogen functional groups attached to an aromatic ring is 1. The van der Waals surface area contributed by atoms with Gasteiger partial charge in [-0.3, -0.25) is 4.79 Å². The van der Waals surface area contributed by atoms with Gasteiger partial charge >= 0.3 is 0 Å². The average Bonchev–Trinajstić information content (AvgIpc) is 2.76. The second-order valence-electron chi connectivity index (χ2n) is 7.18. The largest absolute Gasteiger partial charge is 0.383 e. The van der Waals surface area contributed by atoms with Gasteiger partial charge in [0.05, 0.1) is 23.7 Å². The van der Waals surface area contributed by atoms with E-state index in [0.717, 1.165) is 5.56 Å². The molecule has 2 aliphatic heterocycles. The fourth-order valence-electron chi connectivity index (χ4n) is 3.88. The molecule has 1 aromatic carbocycles. The molecule has 2 fully saturated rings. The molecule has 2 N–H and O–H groups in total. The second kappa shape index (κ2) is 5.32. The molecule has 7 nitrogen and oxygen atoms in total. The third-order valence-corrected chi connectivity index (χ3v) is 7.05. The van der Waals surface area contributed by atoms with Crippen LogP contribution in [0.4, 0.5) is 5.82 Å². The number of rotatable bonds is 3. The Morgan fingerprint density at radius 2 is 1.88 bits per heavy atom. The fraction of sp³-hybridized carbons (Fsp3) is 0.412. The molecule has 2 aromatic rings. The van der Waals surface area contributed by atoms with Crippen LogP contribution in [0.3, 0.4) is 0 Å². The Hall–Kier alpha value is -2.35. The first-order chi connectivity index (χ1) is 11.8. The number of sulfone groups is 1. The van der Waals surface area contributed by atoms with Crippen LogP contribution in [0, 0.1) is 12.3 Å². The number of carbonyl (C=O) groups is 1. The van der Waals surface area contributed by atoms with E-state index in [1.165, 1.54) is 0 Å². The van der Waals surface area contributed by atoms with E-state index in [2.05, 4.69) is 5.10 Å². The molecule has 0 radical (unpaired) electrons.